The lowest BCUT2D eigenvalue weighted by Gasteiger charge is -2.01. The molecule has 1 heterocycles. The molecule has 1 N–H and O–H groups in total. The molecule has 16 heavy (non-hydrogen) atoms. The van der Waals surface area contributed by atoms with Crippen LogP contribution in [-0.4, -0.2) is 19.0 Å². The molecule has 0 aliphatic rings. The average molecular weight is 259 g/mol. The Bertz CT molecular complexity index is 400. The third-order valence-corrected chi connectivity index (χ3v) is 3.06. The van der Waals surface area contributed by atoms with Crippen molar-refractivity contribution in [2.45, 2.75) is 12.8 Å². The van der Waals surface area contributed by atoms with Gasteiger partial charge in [0.2, 0.25) is 0 Å². The van der Waals surface area contributed by atoms with Crippen LogP contribution in [0, 0.1) is 0 Å². The third-order valence-electron chi connectivity index (χ3n) is 1.83. The quantitative estimate of drug-likeness (QED) is 0.362. The first-order valence-corrected chi connectivity index (χ1v) is 5.98. The lowest BCUT2D eigenvalue weighted by molar-refractivity contribution is 0.0957. The number of nitrogens with zero attached hydrogens (tertiary/aromatic N) is 3. The Morgan fingerprint density at radius 3 is 3.00 bits per heavy atom. The molecule has 0 saturated carbocycles. The lowest BCUT2D eigenvalue weighted by atomic mass is 10.3. The molecular weight excluding hydrogens is 248 g/mol. The van der Waals surface area contributed by atoms with Crippen molar-refractivity contribution in [2.75, 3.05) is 13.1 Å². The number of azide groups is 1. The van der Waals surface area contributed by atoms with Crippen molar-refractivity contribution < 1.29 is 4.79 Å². The molecule has 0 aliphatic carbocycles. The van der Waals surface area contributed by atoms with Crippen LogP contribution in [0.1, 0.15) is 22.5 Å². The highest BCUT2D eigenvalue weighted by Gasteiger charge is 2.06. The van der Waals surface area contributed by atoms with E-state index in [2.05, 4.69) is 15.3 Å². The Kier molecular flexibility index (Phi) is 5.71. The number of amides is 1. The zero-order valence-corrected chi connectivity index (χ0v) is 10.1. The standard InChI is InChI=1S/C9H11ClN4OS/c10-8-4-3-7(16-8)9(15)12-5-1-2-6-13-14-11/h3-4H,1-2,5-6H2,(H,12,15). The predicted octanol–water partition coefficient (Wildman–Crippen LogP) is 3.22. The highest BCUT2D eigenvalue weighted by Crippen LogP contribution is 2.20. The second kappa shape index (κ2) is 7.11. The molecule has 1 aromatic rings. The maximum Gasteiger partial charge on any atom is 0.261 e. The number of halogens is 1. The molecule has 86 valence electrons. The number of rotatable bonds is 6. The van der Waals surface area contributed by atoms with E-state index in [4.69, 9.17) is 17.1 Å². The first-order valence-electron chi connectivity index (χ1n) is 4.78. The smallest absolute Gasteiger partial charge is 0.261 e. The number of carbonyl (C=O) groups is 1. The zero-order chi connectivity index (χ0) is 11.8. The molecule has 0 fully saturated rings. The van der Waals surface area contributed by atoms with Gasteiger partial charge in [-0.2, -0.15) is 0 Å². The van der Waals surface area contributed by atoms with Crippen molar-refractivity contribution in [2.24, 2.45) is 5.11 Å². The van der Waals surface area contributed by atoms with Gasteiger partial charge in [0.1, 0.15) is 0 Å². The molecule has 1 amide bonds. The highest BCUT2D eigenvalue weighted by molar-refractivity contribution is 7.17. The highest BCUT2D eigenvalue weighted by atomic mass is 35.5. The minimum Gasteiger partial charge on any atom is -0.351 e. The van der Waals surface area contributed by atoms with Gasteiger partial charge in [0.25, 0.3) is 5.91 Å². The lowest BCUT2D eigenvalue weighted by Crippen LogP contribution is -2.23. The van der Waals surface area contributed by atoms with Crippen LogP contribution in [-0.2, 0) is 0 Å². The van der Waals surface area contributed by atoms with E-state index >= 15 is 0 Å². The van der Waals surface area contributed by atoms with Crippen molar-refractivity contribution in [3.05, 3.63) is 31.8 Å². The molecule has 1 aromatic heterocycles. The van der Waals surface area contributed by atoms with E-state index in [1.165, 1.54) is 11.3 Å². The molecule has 0 saturated heterocycles. The maximum atomic E-state index is 11.5. The summed E-state index contributed by atoms with van der Waals surface area (Å²) in [6.45, 7) is 1.05. The second-order valence-electron chi connectivity index (χ2n) is 3.02. The van der Waals surface area contributed by atoms with Gasteiger partial charge in [-0.3, -0.25) is 4.79 Å². The van der Waals surface area contributed by atoms with E-state index in [-0.39, 0.29) is 5.91 Å². The summed E-state index contributed by atoms with van der Waals surface area (Å²) in [5.74, 6) is -0.110. The van der Waals surface area contributed by atoms with Crippen LogP contribution in [0.15, 0.2) is 17.2 Å². The van der Waals surface area contributed by atoms with Crippen LogP contribution in [0.4, 0.5) is 0 Å². The molecule has 1 rings (SSSR count). The second-order valence-corrected chi connectivity index (χ2v) is 4.74. The monoisotopic (exact) mass is 258 g/mol. The molecule has 0 unspecified atom stereocenters. The van der Waals surface area contributed by atoms with Gasteiger partial charge in [-0.05, 0) is 30.5 Å². The van der Waals surface area contributed by atoms with Crippen LogP contribution >= 0.6 is 22.9 Å². The molecule has 0 aliphatic heterocycles. The topological polar surface area (TPSA) is 77.9 Å². The van der Waals surface area contributed by atoms with Gasteiger partial charge in [-0.15, -0.1) is 11.3 Å². The average Bonchev–Trinajstić information content (AvgIpc) is 2.70. The van der Waals surface area contributed by atoms with E-state index in [9.17, 15) is 4.79 Å². The fourth-order valence-electron chi connectivity index (χ4n) is 1.08. The summed E-state index contributed by atoms with van der Waals surface area (Å²) in [5.41, 5.74) is 8.04. The maximum absolute atomic E-state index is 11.5. The molecule has 0 atom stereocenters. The van der Waals surface area contributed by atoms with Crippen molar-refractivity contribution >= 4 is 28.8 Å². The number of hydrogen-bond donors (Lipinski definition) is 1. The summed E-state index contributed by atoms with van der Waals surface area (Å²) in [7, 11) is 0. The van der Waals surface area contributed by atoms with Gasteiger partial charge in [-0.1, -0.05) is 16.7 Å². The van der Waals surface area contributed by atoms with Crippen molar-refractivity contribution in [1.82, 2.24) is 5.32 Å². The number of nitrogens with one attached hydrogen (secondary N) is 1. The van der Waals surface area contributed by atoms with Gasteiger partial charge >= 0.3 is 0 Å². The van der Waals surface area contributed by atoms with Crippen LogP contribution < -0.4 is 5.32 Å². The summed E-state index contributed by atoms with van der Waals surface area (Å²) < 4.78 is 0.605. The van der Waals surface area contributed by atoms with E-state index in [1.807, 2.05) is 0 Å². The Balaban J connectivity index is 2.18. The molecule has 0 radical (unpaired) electrons. The first-order chi connectivity index (χ1) is 7.74. The Hall–Kier alpha value is -1.23. The minimum absolute atomic E-state index is 0.110. The first kappa shape index (κ1) is 12.8. The summed E-state index contributed by atoms with van der Waals surface area (Å²) in [5, 5.41) is 6.17. The SMILES string of the molecule is [N-]=[N+]=NCCCCNC(=O)c1ccc(Cl)s1. The molecule has 0 spiro atoms. The largest absolute Gasteiger partial charge is 0.351 e. The minimum atomic E-state index is -0.110. The third kappa shape index (κ3) is 4.53. The van der Waals surface area contributed by atoms with Gasteiger partial charge in [-0.25, -0.2) is 0 Å². The summed E-state index contributed by atoms with van der Waals surface area (Å²) >= 11 is 6.97. The Morgan fingerprint density at radius 2 is 2.38 bits per heavy atom. The van der Waals surface area contributed by atoms with Crippen LogP contribution in [0.5, 0.6) is 0 Å². The van der Waals surface area contributed by atoms with E-state index < -0.39 is 0 Å². The number of thiophene rings is 1. The van der Waals surface area contributed by atoms with Crippen LogP contribution in [0.2, 0.25) is 4.34 Å². The molecule has 7 heteroatoms. The molecule has 0 bridgehead atoms. The fraction of sp³-hybridized carbons (Fsp3) is 0.444. The Labute approximate surface area is 102 Å². The Morgan fingerprint density at radius 1 is 1.56 bits per heavy atom. The van der Waals surface area contributed by atoms with Crippen LogP contribution in [0.3, 0.4) is 0 Å². The normalized spacial score (nSPS) is 9.56. The number of hydrogen-bond acceptors (Lipinski definition) is 3. The zero-order valence-electron chi connectivity index (χ0n) is 8.52. The van der Waals surface area contributed by atoms with Gasteiger partial charge in [0, 0.05) is 18.0 Å². The van der Waals surface area contributed by atoms with E-state index in [0.717, 1.165) is 12.8 Å². The molecule has 5 nitrogen and oxygen atoms in total. The van der Waals surface area contributed by atoms with E-state index in [0.29, 0.717) is 22.3 Å². The summed E-state index contributed by atoms with van der Waals surface area (Å²) in [6, 6.07) is 3.39. The fourth-order valence-corrected chi connectivity index (χ4v) is 2.04. The predicted molar refractivity (Wildman–Crippen MR) is 64.9 cm³/mol. The van der Waals surface area contributed by atoms with Gasteiger partial charge in [0.15, 0.2) is 0 Å². The number of carbonyl (C=O) groups excluding carboxylic acids is 1. The van der Waals surface area contributed by atoms with Crippen LogP contribution in [0.25, 0.3) is 10.4 Å². The van der Waals surface area contributed by atoms with Crippen molar-refractivity contribution in [3.8, 4) is 0 Å². The summed E-state index contributed by atoms with van der Waals surface area (Å²) in [6.07, 6.45) is 1.57. The molecular formula is C9H11ClN4OS. The van der Waals surface area contributed by atoms with Crippen molar-refractivity contribution in [3.63, 3.8) is 0 Å². The van der Waals surface area contributed by atoms with Gasteiger partial charge in [0.05, 0.1) is 9.21 Å². The van der Waals surface area contributed by atoms with E-state index in [1.54, 1.807) is 12.1 Å². The van der Waals surface area contributed by atoms with Crippen molar-refractivity contribution in [1.29, 1.82) is 0 Å². The molecule has 0 aromatic carbocycles. The summed E-state index contributed by atoms with van der Waals surface area (Å²) in [4.78, 5) is 14.8. The number of unbranched alkanes of at least 4 members (excludes halogenated alkanes) is 1. The van der Waals surface area contributed by atoms with Gasteiger partial charge < -0.3 is 5.32 Å².